The lowest BCUT2D eigenvalue weighted by Gasteiger charge is -2.23. The van der Waals surface area contributed by atoms with E-state index in [0.717, 1.165) is 16.5 Å². The Balaban J connectivity index is 1.59. The molecule has 1 aliphatic heterocycles. The third-order valence-electron chi connectivity index (χ3n) is 4.27. The van der Waals surface area contributed by atoms with Crippen molar-refractivity contribution in [1.82, 2.24) is 10.2 Å². The number of carbonyl (C=O) groups is 2. The molecule has 5 heteroatoms. The number of nitrogens with zero attached hydrogens (tertiary/aromatic N) is 1. The topological polar surface area (TPSA) is 49.4 Å². The molecule has 0 radical (unpaired) electrons. The first kappa shape index (κ1) is 18.2. The molecule has 0 aliphatic carbocycles. The lowest BCUT2D eigenvalue weighted by molar-refractivity contribution is -0.124. The zero-order chi connectivity index (χ0) is 18.4. The van der Waals surface area contributed by atoms with E-state index in [2.05, 4.69) is 33.1 Å². The van der Waals surface area contributed by atoms with Crippen LogP contribution in [-0.4, -0.2) is 35.8 Å². The number of rotatable bonds is 3. The van der Waals surface area contributed by atoms with Crippen molar-refractivity contribution >= 4 is 27.7 Å². The Hall–Kier alpha value is -2.58. The summed E-state index contributed by atoms with van der Waals surface area (Å²) in [5, 5.41) is 2.83. The highest BCUT2D eigenvalue weighted by atomic mass is 79.9. The van der Waals surface area contributed by atoms with Crippen LogP contribution in [0, 0.1) is 11.8 Å². The second-order valence-electron chi connectivity index (χ2n) is 6.05. The van der Waals surface area contributed by atoms with E-state index in [9.17, 15) is 9.59 Å². The average Bonchev–Trinajstić information content (AvgIpc) is 3.16. The molecule has 0 saturated carbocycles. The van der Waals surface area contributed by atoms with Gasteiger partial charge in [0.15, 0.2) is 0 Å². The zero-order valence-corrected chi connectivity index (χ0v) is 15.8. The molecular weight excluding hydrogens is 392 g/mol. The Bertz CT molecular complexity index is 838. The van der Waals surface area contributed by atoms with E-state index in [1.807, 2.05) is 42.5 Å². The Morgan fingerprint density at radius 2 is 1.85 bits per heavy atom. The Labute approximate surface area is 161 Å². The van der Waals surface area contributed by atoms with Crippen molar-refractivity contribution in [2.24, 2.45) is 0 Å². The SMILES string of the molecule is O=C(NCC#Cc1ccccc1)C1CCCN1C(=O)c1ccc(Br)cc1. The molecule has 1 unspecified atom stereocenters. The van der Waals surface area contributed by atoms with E-state index in [4.69, 9.17) is 0 Å². The minimum atomic E-state index is -0.426. The van der Waals surface area contributed by atoms with E-state index in [0.29, 0.717) is 18.5 Å². The number of carbonyl (C=O) groups excluding carboxylic acids is 2. The van der Waals surface area contributed by atoms with Crippen molar-refractivity contribution in [3.05, 3.63) is 70.2 Å². The van der Waals surface area contributed by atoms with Crippen LogP contribution in [0.4, 0.5) is 0 Å². The van der Waals surface area contributed by atoms with Crippen LogP contribution in [0.25, 0.3) is 0 Å². The van der Waals surface area contributed by atoms with Gasteiger partial charge in [0.25, 0.3) is 5.91 Å². The van der Waals surface area contributed by atoms with Gasteiger partial charge in [0.1, 0.15) is 6.04 Å². The fourth-order valence-corrected chi connectivity index (χ4v) is 3.22. The van der Waals surface area contributed by atoms with Crippen molar-refractivity contribution < 1.29 is 9.59 Å². The number of halogens is 1. The van der Waals surface area contributed by atoms with Gasteiger partial charge in [-0.05, 0) is 49.2 Å². The first-order valence-electron chi connectivity index (χ1n) is 8.53. The van der Waals surface area contributed by atoms with Gasteiger partial charge in [-0.2, -0.15) is 0 Å². The number of amides is 2. The first-order valence-corrected chi connectivity index (χ1v) is 9.32. The summed E-state index contributed by atoms with van der Waals surface area (Å²) in [5.74, 6) is 5.70. The molecule has 0 aromatic heterocycles. The van der Waals surface area contributed by atoms with E-state index < -0.39 is 6.04 Å². The van der Waals surface area contributed by atoms with Gasteiger partial charge in [-0.1, -0.05) is 46.0 Å². The molecule has 1 heterocycles. The summed E-state index contributed by atoms with van der Waals surface area (Å²) in [6.45, 7) is 0.868. The molecule has 1 N–H and O–H groups in total. The van der Waals surface area contributed by atoms with Crippen LogP contribution in [0.15, 0.2) is 59.1 Å². The summed E-state index contributed by atoms with van der Waals surface area (Å²) in [6.07, 6.45) is 1.51. The number of nitrogens with one attached hydrogen (secondary N) is 1. The molecular formula is C21H19BrN2O2. The van der Waals surface area contributed by atoms with E-state index in [1.165, 1.54) is 0 Å². The van der Waals surface area contributed by atoms with Crippen LogP contribution in [0.5, 0.6) is 0 Å². The zero-order valence-electron chi connectivity index (χ0n) is 14.2. The first-order chi connectivity index (χ1) is 12.6. The van der Waals surface area contributed by atoms with Crippen LogP contribution in [-0.2, 0) is 4.79 Å². The Morgan fingerprint density at radius 3 is 2.58 bits per heavy atom. The maximum atomic E-state index is 12.7. The summed E-state index contributed by atoms with van der Waals surface area (Å²) in [6, 6.07) is 16.4. The quantitative estimate of drug-likeness (QED) is 0.789. The van der Waals surface area contributed by atoms with Crippen LogP contribution < -0.4 is 5.32 Å². The summed E-state index contributed by atoms with van der Waals surface area (Å²) < 4.78 is 0.918. The monoisotopic (exact) mass is 410 g/mol. The second kappa shape index (κ2) is 8.68. The molecule has 2 amide bonds. The fraction of sp³-hybridized carbons (Fsp3) is 0.238. The van der Waals surface area contributed by atoms with Crippen LogP contribution in [0.3, 0.4) is 0 Å². The molecule has 3 rings (SSSR count). The molecule has 4 nitrogen and oxygen atoms in total. The largest absolute Gasteiger partial charge is 0.343 e. The van der Waals surface area contributed by atoms with E-state index in [-0.39, 0.29) is 18.4 Å². The van der Waals surface area contributed by atoms with Gasteiger partial charge in [0, 0.05) is 22.1 Å². The molecule has 1 aliphatic rings. The van der Waals surface area contributed by atoms with Crippen LogP contribution >= 0.6 is 15.9 Å². The van der Waals surface area contributed by atoms with Gasteiger partial charge in [0.05, 0.1) is 6.54 Å². The van der Waals surface area contributed by atoms with Crippen molar-refractivity contribution in [3.63, 3.8) is 0 Å². The Kier molecular flexibility index (Phi) is 6.08. The predicted octanol–water partition coefficient (Wildman–Crippen LogP) is 3.22. The molecule has 1 atom stereocenters. The van der Waals surface area contributed by atoms with Gasteiger partial charge < -0.3 is 10.2 Å². The lowest BCUT2D eigenvalue weighted by atomic mass is 10.1. The van der Waals surface area contributed by atoms with Gasteiger partial charge in [-0.3, -0.25) is 9.59 Å². The van der Waals surface area contributed by atoms with Crippen molar-refractivity contribution in [1.29, 1.82) is 0 Å². The third-order valence-corrected chi connectivity index (χ3v) is 4.79. The molecule has 1 saturated heterocycles. The average molecular weight is 411 g/mol. The highest BCUT2D eigenvalue weighted by Gasteiger charge is 2.34. The minimum Gasteiger partial charge on any atom is -0.343 e. The third kappa shape index (κ3) is 4.53. The smallest absolute Gasteiger partial charge is 0.254 e. The maximum absolute atomic E-state index is 12.7. The minimum absolute atomic E-state index is 0.106. The van der Waals surface area contributed by atoms with E-state index >= 15 is 0 Å². The molecule has 26 heavy (non-hydrogen) atoms. The number of benzene rings is 2. The summed E-state index contributed by atoms with van der Waals surface area (Å²) in [5.41, 5.74) is 1.51. The normalized spacial score (nSPS) is 15.9. The maximum Gasteiger partial charge on any atom is 0.254 e. The van der Waals surface area contributed by atoms with Crippen LogP contribution in [0.1, 0.15) is 28.8 Å². The van der Waals surface area contributed by atoms with Gasteiger partial charge in [-0.15, -0.1) is 0 Å². The fourth-order valence-electron chi connectivity index (χ4n) is 2.96. The van der Waals surface area contributed by atoms with Crippen LogP contribution in [0.2, 0.25) is 0 Å². The standard InChI is InChI=1S/C21H19BrN2O2/c22-18-12-10-17(11-13-18)21(26)24-15-5-9-19(24)20(25)23-14-4-8-16-6-2-1-3-7-16/h1-3,6-7,10-13,19H,5,9,14-15H2,(H,23,25). The highest BCUT2D eigenvalue weighted by Crippen LogP contribution is 2.21. The Morgan fingerprint density at radius 1 is 1.12 bits per heavy atom. The number of hydrogen-bond donors (Lipinski definition) is 1. The van der Waals surface area contributed by atoms with Crippen molar-refractivity contribution in [2.45, 2.75) is 18.9 Å². The molecule has 2 aromatic rings. The molecule has 0 bridgehead atoms. The summed E-state index contributed by atoms with van der Waals surface area (Å²) in [4.78, 5) is 26.8. The predicted molar refractivity (Wildman–Crippen MR) is 105 cm³/mol. The molecule has 132 valence electrons. The molecule has 1 fully saturated rings. The summed E-state index contributed by atoms with van der Waals surface area (Å²) in [7, 11) is 0. The highest BCUT2D eigenvalue weighted by molar-refractivity contribution is 9.10. The van der Waals surface area contributed by atoms with Gasteiger partial charge in [-0.25, -0.2) is 0 Å². The molecule has 0 spiro atoms. The summed E-state index contributed by atoms with van der Waals surface area (Å²) >= 11 is 3.36. The number of likely N-dealkylation sites (tertiary alicyclic amines) is 1. The number of hydrogen-bond acceptors (Lipinski definition) is 2. The van der Waals surface area contributed by atoms with Gasteiger partial charge in [0.2, 0.25) is 5.91 Å². The van der Waals surface area contributed by atoms with Gasteiger partial charge >= 0.3 is 0 Å². The second-order valence-corrected chi connectivity index (χ2v) is 6.96. The van der Waals surface area contributed by atoms with Crippen molar-refractivity contribution in [3.8, 4) is 11.8 Å². The van der Waals surface area contributed by atoms with E-state index in [1.54, 1.807) is 17.0 Å². The molecule has 2 aromatic carbocycles. The lowest BCUT2D eigenvalue weighted by Crippen LogP contribution is -2.46. The van der Waals surface area contributed by atoms with Crippen molar-refractivity contribution in [2.75, 3.05) is 13.1 Å².